The summed E-state index contributed by atoms with van der Waals surface area (Å²) in [4.78, 5) is 2.78. The Labute approximate surface area is 107 Å². The highest BCUT2D eigenvalue weighted by Gasteiger charge is 2.33. The lowest BCUT2D eigenvalue weighted by Gasteiger charge is -2.27. The van der Waals surface area contributed by atoms with Crippen molar-refractivity contribution in [3.05, 3.63) is 0 Å². The average molecular weight is 238 g/mol. The molecule has 1 aliphatic carbocycles. The monoisotopic (exact) mass is 238 g/mol. The third kappa shape index (κ3) is 3.69. The van der Waals surface area contributed by atoms with Gasteiger partial charge in [0.2, 0.25) is 0 Å². The summed E-state index contributed by atoms with van der Waals surface area (Å²) in [5.74, 6) is 2.63. The molecule has 1 N–H and O–H groups in total. The van der Waals surface area contributed by atoms with Gasteiger partial charge >= 0.3 is 0 Å². The van der Waals surface area contributed by atoms with E-state index >= 15 is 0 Å². The van der Waals surface area contributed by atoms with Crippen molar-refractivity contribution < 1.29 is 0 Å². The highest BCUT2D eigenvalue weighted by atomic mass is 15.2. The summed E-state index contributed by atoms with van der Waals surface area (Å²) in [6, 6.07) is 0.907. The molecule has 2 nitrogen and oxygen atoms in total. The number of likely N-dealkylation sites (tertiary alicyclic amines) is 1. The van der Waals surface area contributed by atoms with E-state index in [0.29, 0.717) is 0 Å². The normalized spacial score (nSPS) is 34.9. The Morgan fingerprint density at radius 3 is 2.71 bits per heavy atom. The van der Waals surface area contributed by atoms with Crippen LogP contribution >= 0.6 is 0 Å². The van der Waals surface area contributed by atoms with Crippen molar-refractivity contribution in [2.75, 3.05) is 26.2 Å². The maximum Gasteiger partial charge on any atom is 0.0121 e. The van der Waals surface area contributed by atoms with Gasteiger partial charge in [-0.3, -0.25) is 4.90 Å². The largest absolute Gasteiger partial charge is 0.316 e. The minimum atomic E-state index is 0.780. The predicted molar refractivity (Wildman–Crippen MR) is 74.2 cm³/mol. The minimum absolute atomic E-state index is 0.780. The number of hydrogen-bond acceptors (Lipinski definition) is 2. The highest BCUT2D eigenvalue weighted by molar-refractivity contribution is 4.88. The summed E-state index contributed by atoms with van der Waals surface area (Å²) in [5, 5.41) is 3.62. The topological polar surface area (TPSA) is 15.3 Å². The van der Waals surface area contributed by atoms with Crippen molar-refractivity contribution in [2.24, 2.45) is 17.8 Å². The van der Waals surface area contributed by atoms with E-state index in [2.05, 4.69) is 31.0 Å². The van der Waals surface area contributed by atoms with Gasteiger partial charge in [0, 0.05) is 12.6 Å². The SMILES string of the molecule is CC(C)CNCC1CCN(C2CCCC2C)C1. The molecule has 2 aliphatic rings. The van der Waals surface area contributed by atoms with E-state index in [4.69, 9.17) is 0 Å². The lowest BCUT2D eigenvalue weighted by molar-refractivity contribution is 0.198. The molecular formula is C15H30N2. The molecular weight excluding hydrogens is 208 g/mol. The summed E-state index contributed by atoms with van der Waals surface area (Å²) in [6.07, 6.45) is 5.78. The lowest BCUT2D eigenvalue weighted by Crippen LogP contribution is -2.36. The zero-order valence-corrected chi connectivity index (χ0v) is 11.9. The Morgan fingerprint density at radius 2 is 2.06 bits per heavy atom. The molecule has 0 aromatic rings. The molecule has 0 aromatic heterocycles. The summed E-state index contributed by atoms with van der Waals surface area (Å²) in [7, 11) is 0. The summed E-state index contributed by atoms with van der Waals surface area (Å²) < 4.78 is 0. The number of nitrogens with one attached hydrogen (secondary N) is 1. The third-order valence-corrected chi connectivity index (χ3v) is 4.59. The van der Waals surface area contributed by atoms with Gasteiger partial charge < -0.3 is 5.32 Å². The molecule has 1 saturated carbocycles. The molecule has 0 amide bonds. The van der Waals surface area contributed by atoms with Crippen molar-refractivity contribution in [3.8, 4) is 0 Å². The van der Waals surface area contributed by atoms with Crippen molar-refractivity contribution >= 4 is 0 Å². The molecule has 0 bridgehead atoms. The third-order valence-electron chi connectivity index (χ3n) is 4.59. The maximum atomic E-state index is 3.62. The van der Waals surface area contributed by atoms with Crippen molar-refractivity contribution in [1.82, 2.24) is 10.2 Å². The Kier molecular flexibility index (Phi) is 4.87. The van der Waals surface area contributed by atoms with E-state index < -0.39 is 0 Å². The first-order valence-corrected chi connectivity index (χ1v) is 7.61. The fourth-order valence-electron chi connectivity index (χ4n) is 3.57. The van der Waals surface area contributed by atoms with Crippen LogP contribution in [0.25, 0.3) is 0 Å². The second-order valence-electron chi connectivity index (χ2n) is 6.68. The molecule has 100 valence electrons. The van der Waals surface area contributed by atoms with E-state index in [9.17, 15) is 0 Å². The van der Waals surface area contributed by atoms with Crippen molar-refractivity contribution in [2.45, 2.75) is 52.5 Å². The second kappa shape index (κ2) is 6.19. The van der Waals surface area contributed by atoms with Crippen LogP contribution in [-0.4, -0.2) is 37.1 Å². The lowest BCUT2D eigenvalue weighted by atomic mass is 10.1. The van der Waals surface area contributed by atoms with Gasteiger partial charge in [-0.1, -0.05) is 27.2 Å². The smallest absolute Gasteiger partial charge is 0.0121 e. The van der Waals surface area contributed by atoms with Crippen LogP contribution in [0.5, 0.6) is 0 Å². The summed E-state index contributed by atoms with van der Waals surface area (Å²) >= 11 is 0. The van der Waals surface area contributed by atoms with Crippen LogP contribution in [0.4, 0.5) is 0 Å². The molecule has 2 heteroatoms. The van der Waals surface area contributed by atoms with E-state index in [-0.39, 0.29) is 0 Å². The minimum Gasteiger partial charge on any atom is -0.316 e. The quantitative estimate of drug-likeness (QED) is 0.792. The molecule has 2 rings (SSSR count). The van der Waals surface area contributed by atoms with Gasteiger partial charge in [-0.15, -0.1) is 0 Å². The first kappa shape index (κ1) is 13.4. The average Bonchev–Trinajstić information content (AvgIpc) is 2.86. The Morgan fingerprint density at radius 1 is 1.24 bits per heavy atom. The van der Waals surface area contributed by atoms with Gasteiger partial charge in [0.15, 0.2) is 0 Å². The van der Waals surface area contributed by atoms with Gasteiger partial charge in [0.05, 0.1) is 0 Å². The maximum absolute atomic E-state index is 3.62. The molecule has 17 heavy (non-hydrogen) atoms. The molecule has 1 aliphatic heterocycles. The molecule has 0 aromatic carbocycles. The Bertz CT molecular complexity index is 227. The van der Waals surface area contributed by atoms with Gasteiger partial charge in [-0.25, -0.2) is 0 Å². The fourth-order valence-corrected chi connectivity index (χ4v) is 3.57. The second-order valence-corrected chi connectivity index (χ2v) is 6.68. The van der Waals surface area contributed by atoms with Gasteiger partial charge in [0.1, 0.15) is 0 Å². The predicted octanol–water partition coefficient (Wildman–Crippen LogP) is 2.74. The molecule has 1 saturated heterocycles. The number of nitrogens with zero attached hydrogens (tertiary/aromatic N) is 1. The standard InChI is InChI=1S/C15H30N2/c1-12(2)9-16-10-14-7-8-17(11-14)15-6-4-5-13(15)3/h12-16H,4-11H2,1-3H3. The fraction of sp³-hybridized carbons (Fsp3) is 1.00. The molecule has 3 unspecified atom stereocenters. The summed E-state index contributed by atoms with van der Waals surface area (Å²) in [6.45, 7) is 12.1. The van der Waals surface area contributed by atoms with Crippen LogP contribution < -0.4 is 5.32 Å². The van der Waals surface area contributed by atoms with Crippen LogP contribution in [0, 0.1) is 17.8 Å². The van der Waals surface area contributed by atoms with Crippen LogP contribution in [0.1, 0.15) is 46.5 Å². The zero-order valence-electron chi connectivity index (χ0n) is 11.9. The van der Waals surface area contributed by atoms with Gasteiger partial charge in [-0.2, -0.15) is 0 Å². The van der Waals surface area contributed by atoms with Crippen LogP contribution in [0.15, 0.2) is 0 Å². The van der Waals surface area contributed by atoms with E-state index in [0.717, 1.165) is 23.8 Å². The van der Waals surface area contributed by atoms with Crippen LogP contribution in [0.2, 0.25) is 0 Å². The first-order chi connectivity index (χ1) is 8.16. The molecule has 2 fully saturated rings. The summed E-state index contributed by atoms with van der Waals surface area (Å²) in [5.41, 5.74) is 0. The highest BCUT2D eigenvalue weighted by Crippen LogP contribution is 2.32. The first-order valence-electron chi connectivity index (χ1n) is 7.61. The molecule has 3 atom stereocenters. The van der Waals surface area contributed by atoms with Crippen molar-refractivity contribution in [1.29, 1.82) is 0 Å². The zero-order chi connectivity index (χ0) is 12.3. The van der Waals surface area contributed by atoms with Crippen LogP contribution in [0.3, 0.4) is 0 Å². The number of rotatable bonds is 5. The van der Waals surface area contributed by atoms with Gasteiger partial charge in [-0.05, 0) is 56.7 Å². The molecule has 1 heterocycles. The number of hydrogen-bond donors (Lipinski definition) is 1. The Hall–Kier alpha value is -0.0800. The van der Waals surface area contributed by atoms with Crippen LogP contribution in [-0.2, 0) is 0 Å². The van der Waals surface area contributed by atoms with E-state index in [1.165, 1.54) is 51.9 Å². The van der Waals surface area contributed by atoms with E-state index in [1.807, 2.05) is 0 Å². The molecule has 0 spiro atoms. The van der Waals surface area contributed by atoms with Gasteiger partial charge in [0.25, 0.3) is 0 Å². The van der Waals surface area contributed by atoms with E-state index in [1.54, 1.807) is 0 Å². The molecule has 0 radical (unpaired) electrons. The Balaban J connectivity index is 1.68. The van der Waals surface area contributed by atoms with Crippen molar-refractivity contribution in [3.63, 3.8) is 0 Å².